The smallest absolute Gasteiger partial charge is 0.151 e. The normalized spacial score (nSPS) is 11.5. The van der Waals surface area contributed by atoms with Crippen molar-refractivity contribution < 1.29 is 4.52 Å². The van der Waals surface area contributed by atoms with E-state index in [0.717, 1.165) is 37.6 Å². The molecule has 0 aliphatic heterocycles. The zero-order valence-electron chi connectivity index (χ0n) is 13.2. The van der Waals surface area contributed by atoms with E-state index >= 15 is 0 Å². The standard InChI is InChI=1S/C17H25N3O/c1-4-18-11-16-10-17(21-19-16)13-20(14(2)3)12-15-8-6-5-7-9-15/h5-10,14,18H,4,11-13H2,1-3H3. The summed E-state index contributed by atoms with van der Waals surface area (Å²) in [5, 5.41) is 7.37. The first-order valence-corrected chi connectivity index (χ1v) is 7.62. The van der Waals surface area contributed by atoms with E-state index in [1.165, 1.54) is 5.56 Å². The molecule has 0 bridgehead atoms. The summed E-state index contributed by atoms with van der Waals surface area (Å²) in [4.78, 5) is 2.38. The summed E-state index contributed by atoms with van der Waals surface area (Å²) in [6.45, 7) is 9.90. The van der Waals surface area contributed by atoms with Crippen LogP contribution in [0.5, 0.6) is 0 Å². The van der Waals surface area contributed by atoms with Crippen LogP contribution in [0.2, 0.25) is 0 Å². The van der Waals surface area contributed by atoms with Crippen LogP contribution in [0.15, 0.2) is 40.9 Å². The lowest BCUT2D eigenvalue weighted by atomic mass is 10.2. The molecule has 0 saturated heterocycles. The second-order valence-electron chi connectivity index (χ2n) is 5.55. The van der Waals surface area contributed by atoms with Crippen LogP contribution in [-0.4, -0.2) is 22.6 Å². The number of benzene rings is 1. The van der Waals surface area contributed by atoms with Crippen LogP contribution in [0.1, 0.15) is 37.8 Å². The van der Waals surface area contributed by atoms with Gasteiger partial charge in [0.1, 0.15) is 0 Å². The van der Waals surface area contributed by atoms with Crippen molar-refractivity contribution in [1.82, 2.24) is 15.4 Å². The van der Waals surface area contributed by atoms with Gasteiger partial charge in [0.05, 0.1) is 12.2 Å². The number of nitrogens with zero attached hydrogens (tertiary/aromatic N) is 2. The molecule has 0 aliphatic rings. The van der Waals surface area contributed by atoms with Crippen molar-refractivity contribution in [2.24, 2.45) is 0 Å². The molecule has 0 radical (unpaired) electrons. The van der Waals surface area contributed by atoms with E-state index in [1.54, 1.807) is 0 Å². The molecule has 0 amide bonds. The number of aromatic nitrogens is 1. The average molecular weight is 287 g/mol. The molecule has 1 aromatic heterocycles. The molecule has 4 nitrogen and oxygen atoms in total. The Labute approximate surface area is 127 Å². The third-order valence-electron chi connectivity index (χ3n) is 3.48. The van der Waals surface area contributed by atoms with Crippen LogP contribution in [0.4, 0.5) is 0 Å². The van der Waals surface area contributed by atoms with E-state index in [-0.39, 0.29) is 0 Å². The summed E-state index contributed by atoms with van der Waals surface area (Å²) in [5.41, 5.74) is 2.29. The molecule has 0 saturated carbocycles. The molecular weight excluding hydrogens is 262 g/mol. The monoisotopic (exact) mass is 287 g/mol. The fourth-order valence-electron chi connectivity index (χ4n) is 2.21. The van der Waals surface area contributed by atoms with Crippen LogP contribution in [0.25, 0.3) is 0 Å². The number of hydrogen-bond donors (Lipinski definition) is 1. The first-order chi connectivity index (χ1) is 10.2. The van der Waals surface area contributed by atoms with Crippen molar-refractivity contribution in [3.63, 3.8) is 0 Å². The topological polar surface area (TPSA) is 41.3 Å². The van der Waals surface area contributed by atoms with E-state index < -0.39 is 0 Å². The number of nitrogens with one attached hydrogen (secondary N) is 1. The molecule has 1 heterocycles. The Balaban J connectivity index is 1.97. The van der Waals surface area contributed by atoms with Gasteiger partial charge < -0.3 is 9.84 Å². The molecule has 21 heavy (non-hydrogen) atoms. The average Bonchev–Trinajstić information content (AvgIpc) is 2.93. The Morgan fingerprint density at radius 3 is 2.62 bits per heavy atom. The highest BCUT2D eigenvalue weighted by Gasteiger charge is 2.14. The molecule has 4 heteroatoms. The van der Waals surface area contributed by atoms with Crippen molar-refractivity contribution in [2.75, 3.05) is 6.54 Å². The van der Waals surface area contributed by atoms with Gasteiger partial charge in [-0.3, -0.25) is 4.90 Å². The molecule has 0 fully saturated rings. The molecule has 2 aromatic rings. The van der Waals surface area contributed by atoms with Crippen molar-refractivity contribution in [1.29, 1.82) is 0 Å². The van der Waals surface area contributed by atoms with Crippen LogP contribution in [-0.2, 0) is 19.6 Å². The van der Waals surface area contributed by atoms with Gasteiger partial charge in [0.2, 0.25) is 0 Å². The third-order valence-corrected chi connectivity index (χ3v) is 3.48. The highest BCUT2D eigenvalue weighted by molar-refractivity contribution is 5.15. The van der Waals surface area contributed by atoms with E-state index in [9.17, 15) is 0 Å². The lowest BCUT2D eigenvalue weighted by molar-refractivity contribution is 0.180. The summed E-state index contributed by atoms with van der Waals surface area (Å²) < 4.78 is 5.45. The quantitative estimate of drug-likeness (QED) is 0.809. The Hall–Kier alpha value is -1.65. The fourth-order valence-corrected chi connectivity index (χ4v) is 2.21. The number of hydrogen-bond acceptors (Lipinski definition) is 4. The van der Waals surface area contributed by atoms with Gasteiger partial charge in [-0.15, -0.1) is 0 Å². The van der Waals surface area contributed by atoms with E-state index in [0.29, 0.717) is 6.04 Å². The predicted molar refractivity (Wildman–Crippen MR) is 84.7 cm³/mol. The molecule has 114 valence electrons. The zero-order valence-corrected chi connectivity index (χ0v) is 13.2. The summed E-state index contributed by atoms with van der Waals surface area (Å²) in [5.74, 6) is 0.924. The van der Waals surface area contributed by atoms with E-state index in [4.69, 9.17) is 4.52 Å². The van der Waals surface area contributed by atoms with Crippen molar-refractivity contribution >= 4 is 0 Å². The molecule has 0 unspecified atom stereocenters. The van der Waals surface area contributed by atoms with Crippen molar-refractivity contribution in [2.45, 2.75) is 46.4 Å². The molecule has 0 spiro atoms. The molecule has 2 rings (SSSR count). The second kappa shape index (κ2) is 7.96. The lowest BCUT2D eigenvalue weighted by Crippen LogP contribution is -2.29. The van der Waals surface area contributed by atoms with Gasteiger partial charge >= 0.3 is 0 Å². The Morgan fingerprint density at radius 2 is 1.95 bits per heavy atom. The largest absolute Gasteiger partial charge is 0.360 e. The zero-order chi connectivity index (χ0) is 15.1. The second-order valence-corrected chi connectivity index (χ2v) is 5.55. The molecule has 0 atom stereocenters. The minimum absolute atomic E-state index is 0.451. The van der Waals surface area contributed by atoms with Gasteiger partial charge in [0.15, 0.2) is 5.76 Å². The van der Waals surface area contributed by atoms with Gasteiger partial charge in [-0.1, -0.05) is 42.4 Å². The van der Waals surface area contributed by atoms with E-state index in [1.807, 2.05) is 12.1 Å². The third kappa shape index (κ3) is 4.99. The van der Waals surface area contributed by atoms with Crippen molar-refractivity contribution in [3.8, 4) is 0 Å². The molecule has 0 aliphatic carbocycles. The molecule has 1 aromatic carbocycles. The van der Waals surface area contributed by atoms with Gasteiger partial charge in [-0.25, -0.2) is 0 Å². The van der Waals surface area contributed by atoms with Gasteiger partial charge in [0, 0.05) is 25.2 Å². The SMILES string of the molecule is CCNCc1cc(CN(Cc2ccccc2)C(C)C)on1. The van der Waals surface area contributed by atoms with Crippen molar-refractivity contribution in [3.05, 3.63) is 53.4 Å². The highest BCUT2D eigenvalue weighted by atomic mass is 16.5. The lowest BCUT2D eigenvalue weighted by Gasteiger charge is -2.25. The maximum atomic E-state index is 5.45. The Bertz CT molecular complexity index is 522. The molecule has 1 N–H and O–H groups in total. The first kappa shape index (κ1) is 15.7. The summed E-state index contributed by atoms with van der Waals surface area (Å²) in [7, 11) is 0. The summed E-state index contributed by atoms with van der Waals surface area (Å²) in [6.07, 6.45) is 0. The van der Waals surface area contributed by atoms with Crippen LogP contribution in [0, 0.1) is 0 Å². The predicted octanol–water partition coefficient (Wildman–Crippen LogP) is 3.19. The minimum Gasteiger partial charge on any atom is -0.360 e. The van der Waals surface area contributed by atoms with Crippen LogP contribution < -0.4 is 5.32 Å². The maximum absolute atomic E-state index is 5.45. The Morgan fingerprint density at radius 1 is 1.19 bits per heavy atom. The van der Waals surface area contributed by atoms with Gasteiger partial charge in [-0.2, -0.15) is 0 Å². The van der Waals surface area contributed by atoms with Crippen LogP contribution >= 0.6 is 0 Å². The van der Waals surface area contributed by atoms with Crippen LogP contribution in [0.3, 0.4) is 0 Å². The number of rotatable bonds is 8. The Kier molecular flexibility index (Phi) is 5.96. The fraction of sp³-hybridized carbons (Fsp3) is 0.471. The van der Waals surface area contributed by atoms with E-state index in [2.05, 4.69) is 60.4 Å². The summed E-state index contributed by atoms with van der Waals surface area (Å²) >= 11 is 0. The first-order valence-electron chi connectivity index (χ1n) is 7.62. The maximum Gasteiger partial charge on any atom is 0.151 e. The minimum atomic E-state index is 0.451. The highest BCUT2D eigenvalue weighted by Crippen LogP contribution is 2.14. The van der Waals surface area contributed by atoms with Gasteiger partial charge in [-0.05, 0) is 26.0 Å². The summed E-state index contributed by atoms with van der Waals surface area (Å²) in [6, 6.07) is 13.0. The molecular formula is C17H25N3O. The van der Waals surface area contributed by atoms with Gasteiger partial charge in [0.25, 0.3) is 0 Å².